The van der Waals surface area contributed by atoms with E-state index in [1.54, 1.807) is 0 Å². The van der Waals surface area contributed by atoms with E-state index < -0.39 is 16.1 Å². The van der Waals surface area contributed by atoms with Crippen molar-refractivity contribution in [2.24, 2.45) is 0 Å². The van der Waals surface area contributed by atoms with Gasteiger partial charge in [0.05, 0.1) is 18.0 Å². The summed E-state index contributed by atoms with van der Waals surface area (Å²) in [7, 11) is -0.233. The summed E-state index contributed by atoms with van der Waals surface area (Å²) >= 11 is 0. The van der Waals surface area contributed by atoms with E-state index in [1.807, 2.05) is 0 Å². The Balaban J connectivity index is 2.54. The van der Waals surface area contributed by atoms with E-state index in [9.17, 15) is 13.5 Å². The number of methoxy groups -OCH3 is 1. The van der Waals surface area contributed by atoms with Crippen LogP contribution in [0.1, 0.15) is 25.7 Å². The zero-order valence-corrected chi connectivity index (χ0v) is 10.7. The summed E-state index contributed by atoms with van der Waals surface area (Å²) in [5.74, 6) is 0. The molecule has 0 aliphatic heterocycles. The molecule has 1 saturated carbocycles. The maximum Gasteiger partial charge on any atom is 0.216 e. The topological polar surface area (TPSA) is 66.8 Å². The molecular formula is C10H21NO4S. The normalized spacial score (nSPS) is 20.5. The van der Waals surface area contributed by atoms with E-state index in [-0.39, 0.29) is 18.4 Å². The first-order valence-electron chi connectivity index (χ1n) is 5.60. The second-order valence-electron chi connectivity index (χ2n) is 4.34. The lowest BCUT2D eigenvalue weighted by atomic mass is 10.4. The summed E-state index contributed by atoms with van der Waals surface area (Å²) in [6, 6.07) is 0. The van der Waals surface area contributed by atoms with Crippen molar-refractivity contribution in [1.82, 2.24) is 4.31 Å². The van der Waals surface area contributed by atoms with Crippen LogP contribution in [-0.4, -0.2) is 56.5 Å². The number of nitrogens with zero attached hydrogens (tertiary/aromatic N) is 1. The van der Waals surface area contributed by atoms with Crippen LogP contribution in [-0.2, 0) is 14.8 Å². The molecule has 1 aliphatic rings. The van der Waals surface area contributed by atoms with Crippen LogP contribution in [0.2, 0.25) is 0 Å². The molecule has 0 bridgehead atoms. The largest absolute Gasteiger partial charge is 0.389 e. The van der Waals surface area contributed by atoms with Crippen molar-refractivity contribution in [3.8, 4) is 0 Å². The fourth-order valence-corrected chi connectivity index (χ4v) is 3.90. The number of rotatable bonds is 6. The Hall–Kier alpha value is -0.170. The molecule has 0 radical (unpaired) electrons. The maximum absolute atomic E-state index is 12.0. The Kier molecular flexibility index (Phi) is 5.17. The third-order valence-corrected chi connectivity index (χ3v) is 5.32. The molecule has 1 N–H and O–H groups in total. The number of ether oxygens (including phenoxy) is 1. The zero-order valence-electron chi connectivity index (χ0n) is 9.92. The Morgan fingerprint density at radius 3 is 2.50 bits per heavy atom. The lowest BCUT2D eigenvalue weighted by Crippen LogP contribution is -2.40. The minimum atomic E-state index is -3.23. The molecule has 1 unspecified atom stereocenters. The molecule has 5 nitrogen and oxygen atoms in total. The quantitative estimate of drug-likeness (QED) is 0.732. The summed E-state index contributed by atoms with van der Waals surface area (Å²) < 4.78 is 30.1. The first kappa shape index (κ1) is 13.9. The lowest BCUT2D eigenvalue weighted by molar-refractivity contribution is 0.0553. The molecule has 16 heavy (non-hydrogen) atoms. The summed E-state index contributed by atoms with van der Waals surface area (Å²) in [5, 5.41) is 9.24. The Labute approximate surface area is 97.4 Å². The van der Waals surface area contributed by atoms with Gasteiger partial charge in [-0.2, -0.15) is 0 Å². The van der Waals surface area contributed by atoms with Gasteiger partial charge >= 0.3 is 0 Å². The Morgan fingerprint density at radius 1 is 1.44 bits per heavy atom. The first-order chi connectivity index (χ1) is 7.48. The highest BCUT2D eigenvalue weighted by Crippen LogP contribution is 2.26. The molecular weight excluding hydrogens is 230 g/mol. The van der Waals surface area contributed by atoms with Gasteiger partial charge in [-0.05, 0) is 12.8 Å². The second kappa shape index (κ2) is 5.95. The minimum absolute atomic E-state index is 0.104. The predicted molar refractivity (Wildman–Crippen MR) is 61.7 cm³/mol. The maximum atomic E-state index is 12.0. The first-order valence-corrected chi connectivity index (χ1v) is 7.11. The average molecular weight is 251 g/mol. The number of hydrogen-bond donors (Lipinski definition) is 1. The van der Waals surface area contributed by atoms with Crippen LogP contribution in [0.4, 0.5) is 0 Å². The van der Waals surface area contributed by atoms with E-state index in [1.165, 1.54) is 18.5 Å². The Bertz CT molecular complexity index is 298. The number of likely N-dealkylation sites (N-methyl/N-ethyl adjacent to an activating group) is 1. The van der Waals surface area contributed by atoms with Crippen molar-refractivity contribution >= 4 is 10.0 Å². The van der Waals surface area contributed by atoms with Gasteiger partial charge in [-0.25, -0.2) is 12.7 Å². The van der Waals surface area contributed by atoms with Gasteiger partial charge < -0.3 is 9.84 Å². The summed E-state index contributed by atoms with van der Waals surface area (Å²) in [6.07, 6.45) is 2.70. The van der Waals surface area contributed by atoms with E-state index in [4.69, 9.17) is 4.74 Å². The van der Waals surface area contributed by atoms with Gasteiger partial charge in [-0.3, -0.25) is 0 Å². The molecule has 0 amide bonds. The van der Waals surface area contributed by atoms with Crippen molar-refractivity contribution in [3.05, 3.63) is 0 Å². The predicted octanol–water partition coefficient (Wildman–Crippen LogP) is 0.198. The van der Waals surface area contributed by atoms with Crippen molar-refractivity contribution in [1.29, 1.82) is 0 Å². The molecule has 1 atom stereocenters. The molecule has 1 aliphatic carbocycles. The molecule has 0 aromatic rings. The highest BCUT2D eigenvalue weighted by Gasteiger charge is 2.32. The molecule has 1 fully saturated rings. The van der Waals surface area contributed by atoms with Crippen LogP contribution in [0.25, 0.3) is 0 Å². The van der Waals surface area contributed by atoms with E-state index >= 15 is 0 Å². The van der Waals surface area contributed by atoms with Crippen molar-refractivity contribution in [3.63, 3.8) is 0 Å². The molecule has 6 heteroatoms. The second-order valence-corrected chi connectivity index (χ2v) is 6.66. The molecule has 0 spiro atoms. The third-order valence-electron chi connectivity index (χ3n) is 2.98. The summed E-state index contributed by atoms with van der Waals surface area (Å²) in [6.45, 7) is 0.261. The van der Waals surface area contributed by atoms with Crippen molar-refractivity contribution in [2.45, 2.75) is 37.0 Å². The fourth-order valence-electron chi connectivity index (χ4n) is 2.09. The van der Waals surface area contributed by atoms with Gasteiger partial charge in [0.25, 0.3) is 0 Å². The Morgan fingerprint density at radius 2 is 2.00 bits per heavy atom. The van der Waals surface area contributed by atoms with Crippen LogP contribution in [0.5, 0.6) is 0 Å². The van der Waals surface area contributed by atoms with E-state index in [0.717, 1.165) is 25.7 Å². The van der Waals surface area contributed by atoms with Gasteiger partial charge in [0.15, 0.2) is 0 Å². The smallest absolute Gasteiger partial charge is 0.216 e. The van der Waals surface area contributed by atoms with Crippen molar-refractivity contribution < 1.29 is 18.3 Å². The monoisotopic (exact) mass is 251 g/mol. The van der Waals surface area contributed by atoms with E-state index in [0.29, 0.717) is 0 Å². The zero-order chi connectivity index (χ0) is 12.2. The average Bonchev–Trinajstić information content (AvgIpc) is 2.70. The number of hydrogen-bond acceptors (Lipinski definition) is 4. The fraction of sp³-hybridized carbons (Fsp3) is 1.00. The van der Waals surface area contributed by atoms with Crippen LogP contribution < -0.4 is 0 Å². The van der Waals surface area contributed by atoms with Crippen LogP contribution in [0, 0.1) is 0 Å². The SMILES string of the molecule is COCC(O)CN(C)S(=O)(=O)C1CCCC1. The molecule has 0 saturated heterocycles. The van der Waals surface area contributed by atoms with Gasteiger partial charge in [-0.15, -0.1) is 0 Å². The standard InChI is InChI=1S/C10H21NO4S/c1-11(7-9(12)8-15-2)16(13,14)10-5-3-4-6-10/h9-10,12H,3-8H2,1-2H3. The third kappa shape index (κ3) is 3.41. The van der Waals surface area contributed by atoms with Crippen LogP contribution >= 0.6 is 0 Å². The van der Waals surface area contributed by atoms with Gasteiger partial charge in [0.1, 0.15) is 0 Å². The van der Waals surface area contributed by atoms with Gasteiger partial charge in [-0.1, -0.05) is 12.8 Å². The summed E-state index contributed by atoms with van der Waals surface area (Å²) in [4.78, 5) is 0. The molecule has 96 valence electrons. The number of aliphatic hydroxyl groups excluding tert-OH is 1. The van der Waals surface area contributed by atoms with E-state index in [2.05, 4.69) is 0 Å². The molecule has 1 rings (SSSR count). The molecule has 0 aromatic carbocycles. The highest BCUT2D eigenvalue weighted by molar-refractivity contribution is 7.89. The summed E-state index contributed by atoms with van der Waals surface area (Å²) in [5.41, 5.74) is 0. The molecule has 0 heterocycles. The minimum Gasteiger partial charge on any atom is -0.389 e. The lowest BCUT2D eigenvalue weighted by Gasteiger charge is -2.23. The van der Waals surface area contributed by atoms with Crippen LogP contribution in [0.3, 0.4) is 0 Å². The van der Waals surface area contributed by atoms with Crippen LogP contribution in [0.15, 0.2) is 0 Å². The van der Waals surface area contributed by atoms with Gasteiger partial charge in [0.2, 0.25) is 10.0 Å². The highest BCUT2D eigenvalue weighted by atomic mass is 32.2. The molecule has 0 aromatic heterocycles. The van der Waals surface area contributed by atoms with Crippen molar-refractivity contribution in [2.75, 3.05) is 27.3 Å². The van der Waals surface area contributed by atoms with Gasteiger partial charge in [0, 0.05) is 20.7 Å². The number of aliphatic hydroxyl groups is 1. The number of sulfonamides is 1.